The Morgan fingerprint density at radius 1 is 1.24 bits per heavy atom. The maximum atomic E-state index is 12.2. The summed E-state index contributed by atoms with van der Waals surface area (Å²) in [5.41, 5.74) is 3.45. The average Bonchev–Trinajstić information content (AvgIpc) is 3.37. The maximum Gasteiger partial charge on any atom is 0.351 e. The highest BCUT2D eigenvalue weighted by atomic mass is 32.5. The number of aliphatic hydroxyl groups is 2. The van der Waals surface area contributed by atoms with Gasteiger partial charge in [-0.15, -0.1) is 0 Å². The largest absolute Gasteiger partial charge is 0.394 e. The Morgan fingerprint density at radius 2 is 1.97 bits per heavy atom. The zero-order valence-corrected chi connectivity index (χ0v) is 21.1. The lowest BCUT2D eigenvalue weighted by Gasteiger charge is -2.24. The number of hydrogen-bond donors (Lipinski definition) is 5. The minimum absolute atomic E-state index is 0.0321. The summed E-state index contributed by atoms with van der Waals surface area (Å²) in [5, 5.41) is 20.3. The smallest absolute Gasteiger partial charge is 0.351 e. The molecular weight excluding hydrogens is 537 g/mol. The van der Waals surface area contributed by atoms with Crippen molar-refractivity contribution >= 4 is 24.3 Å². The van der Waals surface area contributed by atoms with Crippen molar-refractivity contribution < 1.29 is 38.4 Å². The van der Waals surface area contributed by atoms with Gasteiger partial charge in [-0.2, -0.15) is 4.98 Å². The number of hydrogen-bond acceptors (Lipinski definition) is 13. The number of anilines is 1. The molecule has 18 heteroatoms. The van der Waals surface area contributed by atoms with E-state index in [9.17, 15) is 29.5 Å². The SMILES string of the molecule is CO[C@H]1C(O)[C@@H](COP(O)(=S)OC2C[C@H](n3ccc(N)nc3=O)O[C@@H]2CO)O[C@H]1n1ccc(=O)[nH]c1=O. The van der Waals surface area contributed by atoms with E-state index in [-0.39, 0.29) is 12.2 Å². The first-order chi connectivity index (χ1) is 17.5. The van der Waals surface area contributed by atoms with E-state index in [2.05, 4.69) is 9.97 Å². The standard InChI is InChI=1S/C19H26N5O11PS/c1-31-16-15(27)11(34-17(16)24-5-3-13(26)22-19(24)29)8-32-36(30,37)35-9-6-14(33-10(9)7-25)23-4-2-12(20)21-18(23)28/h2-5,9-11,14-17,25,27H,6-8H2,1H3,(H,30,37)(H2,20,21,28)(H,22,26,29)/t9?,10-,11-,14-,15?,16+,17-,36?/m1/s1. The van der Waals surface area contributed by atoms with Crippen LogP contribution >= 0.6 is 6.72 Å². The molecule has 4 heterocycles. The first kappa shape index (κ1) is 27.7. The minimum atomic E-state index is -3.97. The van der Waals surface area contributed by atoms with Gasteiger partial charge in [0.2, 0.25) is 0 Å². The van der Waals surface area contributed by atoms with E-state index in [4.69, 9.17) is 40.8 Å². The second kappa shape index (κ2) is 11.2. The van der Waals surface area contributed by atoms with Gasteiger partial charge in [-0.3, -0.25) is 18.9 Å². The second-order valence-electron chi connectivity index (χ2n) is 8.27. The van der Waals surface area contributed by atoms with Crippen LogP contribution in [0.25, 0.3) is 0 Å². The minimum Gasteiger partial charge on any atom is -0.394 e. The molecule has 0 aromatic carbocycles. The van der Waals surface area contributed by atoms with Gasteiger partial charge in [0.05, 0.1) is 19.3 Å². The molecule has 6 N–H and O–H groups in total. The highest BCUT2D eigenvalue weighted by Crippen LogP contribution is 2.49. The predicted molar refractivity (Wildman–Crippen MR) is 128 cm³/mol. The zero-order chi connectivity index (χ0) is 26.9. The van der Waals surface area contributed by atoms with E-state index in [0.717, 1.165) is 15.2 Å². The average molecular weight is 563 g/mol. The lowest BCUT2D eigenvalue weighted by molar-refractivity contribution is -0.0635. The van der Waals surface area contributed by atoms with Gasteiger partial charge < -0.3 is 44.1 Å². The monoisotopic (exact) mass is 563 g/mol. The zero-order valence-electron chi connectivity index (χ0n) is 19.4. The summed E-state index contributed by atoms with van der Waals surface area (Å²) in [4.78, 5) is 52.0. The van der Waals surface area contributed by atoms with Crippen molar-refractivity contribution in [2.24, 2.45) is 0 Å². The van der Waals surface area contributed by atoms with E-state index < -0.39 is 79.8 Å². The van der Waals surface area contributed by atoms with E-state index in [1.54, 1.807) is 0 Å². The fourth-order valence-electron chi connectivity index (χ4n) is 4.12. The molecule has 2 aromatic heterocycles. The van der Waals surface area contributed by atoms with Crippen LogP contribution in [0, 0.1) is 0 Å². The van der Waals surface area contributed by atoms with Crippen LogP contribution in [0.3, 0.4) is 0 Å². The molecular formula is C19H26N5O11PS. The molecule has 2 aliphatic heterocycles. The van der Waals surface area contributed by atoms with Gasteiger partial charge in [0, 0.05) is 32.0 Å². The van der Waals surface area contributed by atoms with Crippen LogP contribution in [0.15, 0.2) is 38.9 Å². The van der Waals surface area contributed by atoms with Gasteiger partial charge in [-0.05, 0) is 17.9 Å². The number of methoxy groups -OCH3 is 1. The molecule has 0 amide bonds. The molecule has 37 heavy (non-hydrogen) atoms. The molecule has 204 valence electrons. The third-order valence-electron chi connectivity index (χ3n) is 5.90. The lowest BCUT2D eigenvalue weighted by atomic mass is 10.1. The maximum absolute atomic E-state index is 12.2. The molecule has 2 aliphatic rings. The summed E-state index contributed by atoms with van der Waals surface area (Å²) in [6.07, 6.45) is -4.63. The second-order valence-corrected chi connectivity index (χ2v) is 11.1. The van der Waals surface area contributed by atoms with Crippen LogP contribution in [0.4, 0.5) is 5.82 Å². The summed E-state index contributed by atoms with van der Waals surface area (Å²) < 4.78 is 29.8. The van der Waals surface area contributed by atoms with Crippen LogP contribution in [0.2, 0.25) is 0 Å². The summed E-state index contributed by atoms with van der Waals surface area (Å²) >= 11 is 5.09. The highest BCUT2D eigenvalue weighted by Gasteiger charge is 2.47. The number of H-pyrrole nitrogens is 1. The van der Waals surface area contributed by atoms with Crippen LogP contribution in [0.5, 0.6) is 0 Å². The number of nitrogen functional groups attached to an aromatic ring is 1. The molecule has 0 saturated carbocycles. The lowest BCUT2D eigenvalue weighted by Crippen LogP contribution is -2.38. The van der Waals surface area contributed by atoms with Crippen LogP contribution in [-0.2, 0) is 35.1 Å². The van der Waals surface area contributed by atoms with Gasteiger partial charge in [0.25, 0.3) is 5.56 Å². The van der Waals surface area contributed by atoms with Crippen molar-refractivity contribution in [2.45, 2.75) is 49.4 Å². The number of nitrogens with one attached hydrogen (secondary N) is 1. The Kier molecular flexibility index (Phi) is 8.39. The van der Waals surface area contributed by atoms with Gasteiger partial charge in [-0.1, -0.05) is 0 Å². The summed E-state index contributed by atoms with van der Waals surface area (Å²) in [7, 11) is 1.30. The molecule has 4 rings (SSSR count). The first-order valence-electron chi connectivity index (χ1n) is 11.0. The van der Waals surface area contributed by atoms with E-state index in [0.29, 0.717) is 0 Å². The fourth-order valence-corrected chi connectivity index (χ4v) is 5.60. The number of ether oxygens (including phenoxy) is 3. The number of nitrogens with two attached hydrogens (primary N) is 1. The van der Waals surface area contributed by atoms with Crippen molar-refractivity contribution in [3.63, 3.8) is 0 Å². The first-order valence-corrected chi connectivity index (χ1v) is 13.6. The van der Waals surface area contributed by atoms with E-state index in [1.165, 1.54) is 25.6 Å². The third-order valence-corrected chi connectivity index (χ3v) is 7.49. The number of rotatable bonds is 9. The predicted octanol–water partition coefficient (Wildman–Crippen LogP) is -2.45. The van der Waals surface area contributed by atoms with Crippen molar-refractivity contribution in [1.29, 1.82) is 0 Å². The van der Waals surface area contributed by atoms with Gasteiger partial charge >= 0.3 is 18.1 Å². The summed E-state index contributed by atoms with van der Waals surface area (Å²) in [6.45, 7) is -4.91. The Balaban J connectivity index is 1.41. The topological polar surface area (TPSA) is 223 Å². The highest BCUT2D eigenvalue weighted by molar-refractivity contribution is 8.07. The van der Waals surface area contributed by atoms with E-state index >= 15 is 0 Å². The Bertz CT molecular complexity index is 1330. The van der Waals surface area contributed by atoms with E-state index in [1.807, 2.05) is 0 Å². The molecule has 3 unspecified atom stereocenters. The van der Waals surface area contributed by atoms with Crippen molar-refractivity contribution in [3.05, 3.63) is 55.8 Å². The van der Waals surface area contributed by atoms with Crippen molar-refractivity contribution in [1.82, 2.24) is 19.1 Å². The van der Waals surface area contributed by atoms with Crippen molar-refractivity contribution in [3.8, 4) is 0 Å². The van der Waals surface area contributed by atoms with Crippen LogP contribution in [0.1, 0.15) is 18.9 Å². The van der Waals surface area contributed by atoms with Gasteiger partial charge in [-0.25, -0.2) is 9.59 Å². The molecule has 0 spiro atoms. The van der Waals surface area contributed by atoms with Crippen molar-refractivity contribution in [2.75, 3.05) is 26.1 Å². The Hall–Kier alpha value is -2.31. The molecule has 2 aromatic rings. The number of aromatic amines is 1. The molecule has 0 bridgehead atoms. The number of nitrogens with zero attached hydrogens (tertiary/aromatic N) is 3. The molecule has 0 aliphatic carbocycles. The number of aromatic nitrogens is 4. The Morgan fingerprint density at radius 3 is 2.62 bits per heavy atom. The molecule has 16 nitrogen and oxygen atoms in total. The molecule has 2 fully saturated rings. The quantitative estimate of drug-likeness (QED) is 0.200. The van der Waals surface area contributed by atoms with Gasteiger partial charge in [0.1, 0.15) is 36.5 Å². The van der Waals surface area contributed by atoms with Crippen LogP contribution < -0.4 is 22.7 Å². The third kappa shape index (κ3) is 6.06. The fraction of sp³-hybridized carbons (Fsp3) is 0.579. The van der Waals surface area contributed by atoms with Crippen LogP contribution in [-0.4, -0.2) is 85.1 Å². The molecule has 8 atom stereocenters. The van der Waals surface area contributed by atoms with Gasteiger partial charge in [0.15, 0.2) is 6.23 Å². The molecule has 2 saturated heterocycles. The summed E-state index contributed by atoms with van der Waals surface area (Å²) in [6, 6.07) is 2.51. The Labute approximate surface area is 213 Å². The normalized spacial score (nSPS) is 31.4. The summed E-state index contributed by atoms with van der Waals surface area (Å²) in [5.74, 6) is 0.0321. The molecule has 0 radical (unpaired) electrons. The number of aliphatic hydroxyl groups excluding tert-OH is 2.